The SMILES string of the molecule is CCCCC(O)c1ccccc1COC. The van der Waals surface area contributed by atoms with E-state index < -0.39 is 0 Å². The van der Waals surface area contributed by atoms with Gasteiger partial charge < -0.3 is 9.84 Å². The van der Waals surface area contributed by atoms with Gasteiger partial charge in [-0.15, -0.1) is 0 Å². The van der Waals surface area contributed by atoms with Gasteiger partial charge in [0, 0.05) is 7.11 Å². The minimum absolute atomic E-state index is 0.351. The zero-order valence-electron chi connectivity index (χ0n) is 9.57. The summed E-state index contributed by atoms with van der Waals surface area (Å²) in [5.41, 5.74) is 2.09. The monoisotopic (exact) mass is 208 g/mol. The van der Waals surface area contributed by atoms with E-state index in [1.165, 1.54) is 0 Å². The van der Waals surface area contributed by atoms with Crippen LogP contribution in [0, 0.1) is 0 Å². The maximum atomic E-state index is 10.0. The average Bonchev–Trinajstić information content (AvgIpc) is 2.27. The Kier molecular flexibility index (Phi) is 5.37. The lowest BCUT2D eigenvalue weighted by Crippen LogP contribution is -2.02. The van der Waals surface area contributed by atoms with Crippen LogP contribution < -0.4 is 0 Å². The van der Waals surface area contributed by atoms with Crippen molar-refractivity contribution in [2.24, 2.45) is 0 Å². The van der Waals surface area contributed by atoms with Crippen LogP contribution in [-0.4, -0.2) is 12.2 Å². The van der Waals surface area contributed by atoms with Gasteiger partial charge in [0.05, 0.1) is 12.7 Å². The van der Waals surface area contributed by atoms with Crippen LogP contribution in [0.2, 0.25) is 0 Å². The number of hydrogen-bond acceptors (Lipinski definition) is 2. The zero-order chi connectivity index (χ0) is 11.1. The molecule has 1 aromatic rings. The van der Waals surface area contributed by atoms with Crippen LogP contribution in [-0.2, 0) is 11.3 Å². The van der Waals surface area contributed by atoms with Crippen molar-refractivity contribution >= 4 is 0 Å². The summed E-state index contributed by atoms with van der Waals surface area (Å²) < 4.78 is 5.11. The molecule has 0 aliphatic heterocycles. The lowest BCUT2D eigenvalue weighted by molar-refractivity contribution is 0.152. The fraction of sp³-hybridized carbons (Fsp3) is 0.538. The summed E-state index contributed by atoms with van der Waals surface area (Å²) in [6, 6.07) is 7.93. The molecule has 0 aromatic heterocycles. The molecule has 0 radical (unpaired) electrons. The zero-order valence-corrected chi connectivity index (χ0v) is 9.57. The first-order valence-electron chi connectivity index (χ1n) is 5.54. The van der Waals surface area contributed by atoms with Crippen molar-refractivity contribution < 1.29 is 9.84 Å². The van der Waals surface area contributed by atoms with Gasteiger partial charge in [-0.2, -0.15) is 0 Å². The Labute approximate surface area is 91.9 Å². The fourth-order valence-corrected chi connectivity index (χ4v) is 1.70. The molecule has 0 saturated carbocycles. The molecule has 0 saturated heterocycles. The van der Waals surface area contributed by atoms with E-state index in [2.05, 4.69) is 6.92 Å². The summed E-state index contributed by atoms with van der Waals surface area (Å²) in [5, 5.41) is 10.0. The van der Waals surface area contributed by atoms with Crippen molar-refractivity contribution in [2.45, 2.75) is 38.9 Å². The minimum Gasteiger partial charge on any atom is -0.388 e. The van der Waals surface area contributed by atoms with Crippen molar-refractivity contribution in [2.75, 3.05) is 7.11 Å². The highest BCUT2D eigenvalue weighted by Gasteiger charge is 2.10. The number of unbranched alkanes of at least 4 members (excludes halogenated alkanes) is 1. The number of methoxy groups -OCH3 is 1. The summed E-state index contributed by atoms with van der Waals surface area (Å²) in [7, 11) is 1.68. The number of rotatable bonds is 6. The highest BCUT2D eigenvalue weighted by molar-refractivity contribution is 5.28. The van der Waals surface area contributed by atoms with E-state index in [4.69, 9.17) is 4.74 Å². The Balaban J connectivity index is 2.72. The second kappa shape index (κ2) is 6.59. The van der Waals surface area contributed by atoms with E-state index in [9.17, 15) is 5.11 Å². The van der Waals surface area contributed by atoms with Gasteiger partial charge >= 0.3 is 0 Å². The normalized spacial score (nSPS) is 12.7. The molecule has 0 aliphatic carbocycles. The van der Waals surface area contributed by atoms with Gasteiger partial charge in [0.15, 0.2) is 0 Å². The third kappa shape index (κ3) is 3.65. The van der Waals surface area contributed by atoms with Crippen LogP contribution in [0.1, 0.15) is 43.4 Å². The number of hydrogen-bond donors (Lipinski definition) is 1. The summed E-state index contributed by atoms with van der Waals surface area (Å²) in [6.45, 7) is 2.70. The van der Waals surface area contributed by atoms with Crippen LogP contribution >= 0.6 is 0 Å². The van der Waals surface area contributed by atoms with Gasteiger partial charge in [-0.1, -0.05) is 44.0 Å². The lowest BCUT2D eigenvalue weighted by atomic mass is 9.99. The number of ether oxygens (including phenoxy) is 1. The Morgan fingerprint density at radius 1 is 1.33 bits per heavy atom. The molecule has 0 spiro atoms. The highest BCUT2D eigenvalue weighted by atomic mass is 16.5. The van der Waals surface area contributed by atoms with E-state index >= 15 is 0 Å². The van der Waals surface area contributed by atoms with Crippen LogP contribution in [0.4, 0.5) is 0 Å². The fourth-order valence-electron chi connectivity index (χ4n) is 1.70. The topological polar surface area (TPSA) is 29.5 Å². The van der Waals surface area contributed by atoms with Gasteiger partial charge in [0.2, 0.25) is 0 Å². The third-order valence-electron chi connectivity index (χ3n) is 2.55. The molecule has 84 valence electrons. The van der Waals surface area contributed by atoms with Gasteiger partial charge in [0.25, 0.3) is 0 Å². The van der Waals surface area contributed by atoms with Gasteiger partial charge in [-0.3, -0.25) is 0 Å². The van der Waals surface area contributed by atoms with E-state index in [0.717, 1.165) is 30.4 Å². The maximum absolute atomic E-state index is 10.0. The molecule has 1 rings (SSSR count). The van der Waals surface area contributed by atoms with Gasteiger partial charge in [-0.05, 0) is 17.5 Å². The van der Waals surface area contributed by atoms with E-state index in [-0.39, 0.29) is 6.10 Å². The summed E-state index contributed by atoms with van der Waals surface area (Å²) in [6.07, 6.45) is 2.65. The molecular formula is C13H20O2. The molecular weight excluding hydrogens is 188 g/mol. The second-order valence-corrected chi connectivity index (χ2v) is 3.79. The standard InChI is InChI=1S/C13H20O2/c1-3-4-9-13(14)12-8-6-5-7-11(12)10-15-2/h5-8,13-14H,3-4,9-10H2,1-2H3. The van der Waals surface area contributed by atoms with Crippen molar-refractivity contribution in [1.82, 2.24) is 0 Å². The number of aliphatic hydroxyl groups excluding tert-OH is 1. The van der Waals surface area contributed by atoms with E-state index in [0.29, 0.717) is 6.61 Å². The van der Waals surface area contributed by atoms with Crippen LogP contribution in [0.15, 0.2) is 24.3 Å². The minimum atomic E-state index is -0.351. The highest BCUT2D eigenvalue weighted by Crippen LogP contribution is 2.23. The summed E-state index contributed by atoms with van der Waals surface area (Å²) in [4.78, 5) is 0. The molecule has 0 heterocycles. The van der Waals surface area contributed by atoms with Crippen molar-refractivity contribution in [3.63, 3.8) is 0 Å². The number of benzene rings is 1. The van der Waals surface area contributed by atoms with Crippen LogP contribution in [0.3, 0.4) is 0 Å². The van der Waals surface area contributed by atoms with Crippen molar-refractivity contribution in [1.29, 1.82) is 0 Å². The third-order valence-corrected chi connectivity index (χ3v) is 2.55. The molecule has 1 N–H and O–H groups in total. The van der Waals surface area contributed by atoms with Crippen LogP contribution in [0.25, 0.3) is 0 Å². The quantitative estimate of drug-likeness (QED) is 0.778. The molecule has 0 bridgehead atoms. The molecule has 2 heteroatoms. The first-order chi connectivity index (χ1) is 7.29. The summed E-state index contributed by atoms with van der Waals surface area (Å²) >= 11 is 0. The second-order valence-electron chi connectivity index (χ2n) is 3.79. The first kappa shape index (κ1) is 12.2. The molecule has 1 aromatic carbocycles. The molecule has 1 atom stereocenters. The number of aliphatic hydroxyl groups is 1. The van der Waals surface area contributed by atoms with Crippen molar-refractivity contribution in [3.05, 3.63) is 35.4 Å². The molecule has 0 fully saturated rings. The molecule has 1 unspecified atom stereocenters. The Hall–Kier alpha value is -0.860. The summed E-state index contributed by atoms with van der Waals surface area (Å²) in [5.74, 6) is 0. The Bertz CT molecular complexity index is 284. The smallest absolute Gasteiger partial charge is 0.0793 e. The molecule has 15 heavy (non-hydrogen) atoms. The predicted molar refractivity (Wildman–Crippen MR) is 61.6 cm³/mol. The average molecular weight is 208 g/mol. The predicted octanol–water partition coefficient (Wildman–Crippen LogP) is 3.06. The lowest BCUT2D eigenvalue weighted by Gasteiger charge is -2.14. The van der Waals surface area contributed by atoms with E-state index in [1.54, 1.807) is 7.11 Å². The largest absolute Gasteiger partial charge is 0.388 e. The Morgan fingerprint density at radius 2 is 2.07 bits per heavy atom. The first-order valence-corrected chi connectivity index (χ1v) is 5.54. The van der Waals surface area contributed by atoms with Crippen molar-refractivity contribution in [3.8, 4) is 0 Å². The maximum Gasteiger partial charge on any atom is 0.0793 e. The molecule has 0 aliphatic rings. The van der Waals surface area contributed by atoms with Gasteiger partial charge in [-0.25, -0.2) is 0 Å². The molecule has 2 nitrogen and oxygen atoms in total. The molecule has 0 amide bonds. The van der Waals surface area contributed by atoms with Gasteiger partial charge in [0.1, 0.15) is 0 Å². The van der Waals surface area contributed by atoms with E-state index in [1.807, 2.05) is 24.3 Å². The van der Waals surface area contributed by atoms with Crippen LogP contribution in [0.5, 0.6) is 0 Å². The Morgan fingerprint density at radius 3 is 2.73 bits per heavy atom.